The molecule has 11 nitrogen and oxygen atoms in total. The van der Waals surface area contributed by atoms with Crippen LogP contribution in [-0.2, 0) is 25.3 Å². The van der Waals surface area contributed by atoms with Crippen LogP contribution in [0.25, 0.3) is 22.4 Å². The highest BCUT2D eigenvalue weighted by Crippen LogP contribution is 2.44. The monoisotopic (exact) mass is 663 g/mol. The highest BCUT2D eigenvalue weighted by Gasteiger charge is 2.30. The molecule has 2 aromatic heterocycles. The topological polar surface area (TPSA) is 137 Å². The molecule has 0 unspecified atom stereocenters. The number of aliphatic hydroxyl groups is 1. The molecule has 3 heterocycles. The van der Waals surface area contributed by atoms with E-state index >= 15 is 0 Å². The lowest BCUT2D eigenvalue weighted by molar-refractivity contribution is 0.102. The van der Waals surface area contributed by atoms with Crippen molar-refractivity contribution in [2.24, 2.45) is 14.1 Å². The first-order valence-corrected chi connectivity index (χ1v) is 15.3. The molecule has 6 rings (SSSR count). The number of fused-ring (bicyclic) bond motifs is 1. The van der Waals surface area contributed by atoms with Crippen molar-refractivity contribution in [3.63, 3.8) is 0 Å². The molecule has 0 saturated heterocycles. The molecule has 238 valence electrons. The van der Waals surface area contributed by atoms with Gasteiger partial charge in [0.1, 0.15) is 17.9 Å². The fourth-order valence-electron chi connectivity index (χ4n) is 5.91. The molecule has 2 aliphatic rings. The number of rotatable bonds is 7. The maximum atomic E-state index is 13.1. The summed E-state index contributed by atoms with van der Waals surface area (Å²) >= 11 is 13.9. The first-order chi connectivity index (χ1) is 22.1. The van der Waals surface area contributed by atoms with Crippen molar-refractivity contribution < 1.29 is 19.4 Å². The van der Waals surface area contributed by atoms with Crippen molar-refractivity contribution in [1.82, 2.24) is 19.4 Å². The molecule has 1 atom stereocenters. The third kappa shape index (κ3) is 5.66. The minimum atomic E-state index is -0.721. The smallest absolute Gasteiger partial charge is 0.330 e. The Balaban J connectivity index is 1.33. The van der Waals surface area contributed by atoms with Gasteiger partial charge in [-0.2, -0.15) is 0 Å². The number of aryl methyl sites for hydroxylation is 2. The van der Waals surface area contributed by atoms with Crippen molar-refractivity contribution in [3.05, 3.63) is 108 Å². The average Bonchev–Trinajstić information content (AvgIpc) is 3.46. The molecule has 4 aromatic rings. The highest BCUT2D eigenvalue weighted by molar-refractivity contribution is 6.39. The lowest BCUT2D eigenvalue weighted by atomic mass is 9.99. The number of ether oxygens (including phenoxy) is 2. The Hall–Kier alpha value is -4.58. The van der Waals surface area contributed by atoms with Crippen molar-refractivity contribution >= 4 is 34.8 Å². The Kier molecular flexibility index (Phi) is 8.65. The van der Waals surface area contributed by atoms with Gasteiger partial charge in [0.05, 0.1) is 46.9 Å². The summed E-state index contributed by atoms with van der Waals surface area (Å²) in [5, 5.41) is 17.1. The van der Waals surface area contributed by atoms with Crippen molar-refractivity contribution in [3.8, 4) is 28.3 Å². The average molecular weight is 665 g/mol. The summed E-state index contributed by atoms with van der Waals surface area (Å²) in [5.41, 5.74) is 4.05. The number of nitrogens with zero attached hydrogens (tertiary/aromatic N) is 3. The van der Waals surface area contributed by atoms with E-state index < -0.39 is 17.2 Å². The summed E-state index contributed by atoms with van der Waals surface area (Å²) < 4.78 is 13.1. The number of anilines is 1. The first kappa shape index (κ1) is 31.4. The molecule has 1 aliphatic carbocycles. The quantitative estimate of drug-likeness (QED) is 0.247. The zero-order valence-corrected chi connectivity index (χ0v) is 26.8. The Labute approximate surface area is 274 Å². The van der Waals surface area contributed by atoms with Crippen LogP contribution in [0, 0.1) is 0 Å². The molecule has 0 radical (unpaired) electrons. The number of amides is 1. The first-order valence-electron chi connectivity index (χ1n) is 14.6. The molecule has 46 heavy (non-hydrogen) atoms. The van der Waals surface area contributed by atoms with E-state index in [9.17, 15) is 19.5 Å². The van der Waals surface area contributed by atoms with E-state index in [1.807, 2.05) is 24.3 Å². The lowest BCUT2D eigenvalue weighted by Crippen LogP contribution is -2.40. The third-order valence-electron chi connectivity index (χ3n) is 8.29. The number of hydrogen-bond acceptors (Lipinski definition) is 8. The largest absolute Gasteiger partial charge is 0.508 e. The molecule has 0 bridgehead atoms. The standard InChI is InChI=1S/C33H31Cl2N5O6/c1-39-15-21(32(43)40(2)33(39)44)30(42)37-24-9-5-7-19(29(24)35)18-6-4-8-20(28(18)34)25-14-17-10-11-23(27(17)31(38-25)45-3)36-22-12-13-46-16-26(22)41/h4-9,14-15,23,36,41H,10-13,16H2,1-3H3,(H,37,42)/t23-/m0/s1. The molecule has 1 aliphatic heterocycles. The second-order valence-electron chi connectivity index (χ2n) is 11.1. The van der Waals surface area contributed by atoms with Crippen LogP contribution in [0.1, 0.15) is 40.4 Å². The predicted octanol–water partition coefficient (Wildman–Crippen LogP) is 5.15. The van der Waals surface area contributed by atoms with Crippen LogP contribution in [-0.4, -0.2) is 45.5 Å². The molecule has 13 heteroatoms. The van der Waals surface area contributed by atoms with Gasteiger partial charge < -0.3 is 29.8 Å². The molecular formula is C33H31Cl2N5O6. The van der Waals surface area contributed by atoms with E-state index in [1.165, 1.54) is 20.3 Å². The van der Waals surface area contributed by atoms with Crippen molar-refractivity contribution in [2.75, 3.05) is 25.6 Å². The van der Waals surface area contributed by atoms with Gasteiger partial charge in [-0.15, -0.1) is 0 Å². The summed E-state index contributed by atoms with van der Waals surface area (Å²) in [6.07, 6.45) is 3.39. The van der Waals surface area contributed by atoms with Crippen LogP contribution >= 0.6 is 23.2 Å². The Morgan fingerprint density at radius 3 is 2.52 bits per heavy atom. The predicted molar refractivity (Wildman–Crippen MR) is 176 cm³/mol. The number of halogens is 2. The van der Waals surface area contributed by atoms with E-state index in [-0.39, 0.29) is 34.7 Å². The fourth-order valence-corrected chi connectivity index (χ4v) is 6.51. The summed E-state index contributed by atoms with van der Waals surface area (Å²) in [5.74, 6) is -0.0190. The number of aliphatic hydroxyl groups excluding tert-OH is 1. The van der Waals surface area contributed by atoms with Gasteiger partial charge in [-0.3, -0.25) is 14.2 Å². The van der Waals surface area contributed by atoms with Gasteiger partial charge in [0.15, 0.2) is 0 Å². The maximum absolute atomic E-state index is 13.1. The van der Waals surface area contributed by atoms with Crippen LogP contribution in [0.3, 0.4) is 0 Å². The zero-order valence-electron chi connectivity index (χ0n) is 25.3. The van der Waals surface area contributed by atoms with Gasteiger partial charge in [0.25, 0.3) is 11.5 Å². The van der Waals surface area contributed by atoms with Gasteiger partial charge in [-0.05, 0) is 30.5 Å². The Morgan fingerprint density at radius 2 is 1.78 bits per heavy atom. The molecule has 1 amide bonds. The maximum Gasteiger partial charge on any atom is 0.330 e. The molecule has 0 saturated carbocycles. The Bertz CT molecular complexity index is 2040. The van der Waals surface area contributed by atoms with E-state index in [0.717, 1.165) is 38.8 Å². The normalized spacial score (nSPS) is 15.9. The minimum Gasteiger partial charge on any atom is -0.508 e. The summed E-state index contributed by atoms with van der Waals surface area (Å²) in [6.45, 7) is 0.739. The molecule has 3 N–H and O–H groups in total. The molecule has 2 aromatic carbocycles. The number of aromatic nitrogens is 3. The van der Waals surface area contributed by atoms with Crippen LogP contribution in [0.15, 0.2) is 69.7 Å². The van der Waals surface area contributed by atoms with Gasteiger partial charge in [-0.25, -0.2) is 9.78 Å². The van der Waals surface area contributed by atoms with Gasteiger partial charge >= 0.3 is 5.69 Å². The number of carbonyl (C=O) groups is 1. The minimum absolute atomic E-state index is 0.0683. The van der Waals surface area contributed by atoms with Crippen LogP contribution in [0.5, 0.6) is 5.88 Å². The molecular weight excluding hydrogens is 633 g/mol. The van der Waals surface area contributed by atoms with E-state index in [0.29, 0.717) is 46.3 Å². The van der Waals surface area contributed by atoms with Crippen LogP contribution < -0.4 is 26.6 Å². The second kappa shape index (κ2) is 12.7. The van der Waals surface area contributed by atoms with E-state index in [4.69, 9.17) is 37.7 Å². The number of nitrogens with one attached hydrogen (secondary N) is 2. The van der Waals surface area contributed by atoms with Gasteiger partial charge in [0.2, 0.25) is 5.88 Å². The molecule has 0 fully saturated rings. The lowest BCUT2D eigenvalue weighted by Gasteiger charge is -2.23. The number of carbonyl (C=O) groups excluding carboxylic acids is 1. The second-order valence-corrected chi connectivity index (χ2v) is 11.9. The summed E-state index contributed by atoms with van der Waals surface area (Å²) in [7, 11) is 4.34. The third-order valence-corrected chi connectivity index (χ3v) is 9.10. The van der Waals surface area contributed by atoms with E-state index in [2.05, 4.69) is 10.6 Å². The number of methoxy groups -OCH3 is 1. The number of benzene rings is 2. The van der Waals surface area contributed by atoms with Crippen LogP contribution in [0.2, 0.25) is 10.0 Å². The van der Waals surface area contributed by atoms with Crippen molar-refractivity contribution in [1.29, 1.82) is 0 Å². The van der Waals surface area contributed by atoms with Crippen molar-refractivity contribution in [2.45, 2.75) is 25.3 Å². The van der Waals surface area contributed by atoms with Gasteiger partial charge in [0, 0.05) is 49.0 Å². The molecule has 0 spiro atoms. The Morgan fingerprint density at radius 1 is 1.07 bits per heavy atom. The number of pyridine rings is 1. The summed E-state index contributed by atoms with van der Waals surface area (Å²) in [6, 6.07) is 12.6. The SMILES string of the molecule is COc1nc(-c2cccc(-c3cccc(NC(=O)c4cn(C)c(=O)n(C)c4=O)c3Cl)c2Cl)cc2c1[C@@H](NC1=C(O)COCC1)CC2. The zero-order chi connectivity index (χ0) is 32.7. The van der Waals surface area contributed by atoms with Crippen LogP contribution in [0.4, 0.5) is 5.69 Å². The fraction of sp³-hybridized carbons (Fsp3) is 0.273. The summed E-state index contributed by atoms with van der Waals surface area (Å²) in [4.78, 5) is 42.6. The highest BCUT2D eigenvalue weighted by atomic mass is 35.5. The van der Waals surface area contributed by atoms with Gasteiger partial charge in [-0.1, -0.05) is 53.5 Å². The van der Waals surface area contributed by atoms with E-state index in [1.54, 1.807) is 25.3 Å². The number of hydrogen-bond donors (Lipinski definition) is 3.